The highest BCUT2D eigenvalue weighted by Gasteiger charge is 2.51. The molecule has 1 saturated heterocycles. The van der Waals surface area contributed by atoms with Crippen molar-refractivity contribution in [2.75, 3.05) is 39.5 Å². The number of carbonyl (C=O) groups excluding carboxylic acids is 1. The summed E-state index contributed by atoms with van der Waals surface area (Å²) in [7, 11) is 0. The van der Waals surface area contributed by atoms with Crippen LogP contribution in [0.5, 0.6) is 0 Å². The van der Waals surface area contributed by atoms with Gasteiger partial charge in [-0.2, -0.15) is 13.2 Å². The van der Waals surface area contributed by atoms with Crippen LogP contribution in [0.25, 0.3) is 11.1 Å². The van der Waals surface area contributed by atoms with E-state index in [1.807, 2.05) is 38.1 Å². The summed E-state index contributed by atoms with van der Waals surface area (Å²) in [6.45, 7) is 9.59. The van der Waals surface area contributed by atoms with E-state index in [2.05, 4.69) is 20.9 Å². The normalized spacial score (nSPS) is 17.9. The number of hydrogen-bond acceptors (Lipinski definition) is 7. The molecule has 1 N–H and O–H groups in total. The van der Waals surface area contributed by atoms with Crippen LogP contribution in [0.15, 0.2) is 67.0 Å². The van der Waals surface area contributed by atoms with E-state index in [0.717, 1.165) is 54.4 Å². The Hall–Kier alpha value is -3.31. The number of benzene rings is 2. The molecule has 0 amide bonds. The van der Waals surface area contributed by atoms with Crippen LogP contribution in [-0.2, 0) is 33.0 Å². The molecule has 1 fully saturated rings. The number of halogens is 3. The zero-order valence-corrected chi connectivity index (χ0v) is 24.9. The summed E-state index contributed by atoms with van der Waals surface area (Å²) in [6, 6.07) is 15.9. The highest BCUT2D eigenvalue weighted by atomic mass is 19.4. The first-order chi connectivity index (χ1) is 20.5. The zero-order chi connectivity index (χ0) is 31.0. The van der Waals surface area contributed by atoms with Crippen LogP contribution < -0.4 is 0 Å². The van der Waals surface area contributed by atoms with Gasteiger partial charge >= 0.3 is 12.1 Å². The molecular weight excluding hydrogens is 559 g/mol. The van der Waals surface area contributed by atoms with Crippen molar-refractivity contribution in [1.82, 2.24) is 14.8 Å². The van der Waals surface area contributed by atoms with E-state index in [9.17, 15) is 23.1 Å². The fraction of sp³-hybridized carbons (Fsp3) is 0.455. The second-order valence-corrected chi connectivity index (χ2v) is 11.1. The number of nitrogens with zero attached hydrogens (tertiary/aromatic N) is 3. The maximum absolute atomic E-state index is 13.2. The Morgan fingerprint density at radius 3 is 2.37 bits per heavy atom. The first-order valence-electron chi connectivity index (χ1n) is 14.6. The number of aryl methyl sites for hydroxylation is 1. The average Bonchev–Trinajstić information content (AvgIpc) is 2.97. The number of piperazine rings is 1. The van der Waals surface area contributed by atoms with Gasteiger partial charge in [-0.05, 0) is 66.3 Å². The predicted octanol–water partition coefficient (Wildman–Crippen LogP) is 5.48. The maximum Gasteiger partial charge on any atom is 0.421 e. The minimum Gasteiger partial charge on any atom is -0.463 e. The van der Waals surface area contributed by atoms with Gasteiger partial charge in [0.2, 0.25) is 0 Å². The van der Waals surface area contributed by atoms with Crippen molar-refractivity contribution in [3.05, 3.63) is 89.2 Å². The molecular formula is C33H40F3N3O4. The van der Waals surface area contributed by atoms with E-state index in [-0.39, 0.29) is 30.6 Å². The largest absolute Gasteiger partial charge is 0.463 e. The van der Waals surface area contributed by atoms with Crippen molar-refractivity contribution < 1.29 is 32.5 Å². The Labute approximate surface area is 251 Å². The average molecular weight is 600 g/mol. The van der Waals surface area contributed by atoms with Crippen molar-refractivity contribution in [3.8, 4) is 11.1 Å². The Bertz CT molecular complexity index is 1330. The molecule has 1 unspecified atom stereocenters. The number of aromatic nitrogens is 1. The number of ether oxygens (including phenoxy) is 2. The highest BCUT2D eigenvalue weighted by Crippen LogP contribution is 2.39. The summed E-state index contributed by atoms with van der Waals surface area (Å²) in [6.07, 6.45) is -0.938. The molecule has 1 aromatic heterocycles. The number of rotatable bonds is 12. The first kappa shape index (κ1) is 32.6. The molecule has 1 aliphatic rings. The van der Waals surface area contributed by atoms with Gasteiger partial charge < -0.3 is 14.6 Å². The third-order valence-corrected chi connectivity index (χ3v) is 7.93. The topological polar surface area (TPSA) is 75.1 Å². The number of esters is 1. The summed E-state index contributed by atoms with van der Waals surface area (Å²) in [4.78, 5) is 21.4. The molecule has 0 radical (unpaired) electrons. The molecule has 10 heteroatoms. The maximum atomic E-state index is 13.2. The molecule has 2 atom stereocenters. The van der Waals surface area contributed by atoms with E-state index >= 15 is 0 Å². The molecule has 1 aliphatic heterocycles. The van der Waals surface area contributed by atoms with Crippen molar-refractivity contribution in [2.24, 2.45) is 0 Å². The monoisotopic (exact) mass is 599 g/mol. The Kier molecular flexibility index (Phi) is 10.9. The summed E-state index contributed by atoms with van der Waals surface area (Å²) < 4.78 is 50.4. The standard InChI is InChI=1S/C33H40F3N3O4/c1-4-42-17-18-43-31(40)20-29-23-38(15-16-39(29)22-25-11-13-37-14-12-25)21-26-5-10-30(24(2)19-26)27-6-8-28(9-7-27)32(3,41)33(34,35)36/h5-14,19,29,41H,4,15-18,20-23H2,1-3H3/t29-,32?/m1/s1. The fourth-order valence-corrected chi connectivity index (χ4v) is 5.38. The number of aliphatic hydroxyl groups is 1. The summed E-state index contributed by atoms with van der Waals surface area (Å²) in [5, 5.41) is 9.98. The summed E-state index contributed by atoms with van der Waals surface area (Å²) >= 11 is 0. The molecule has 2 heterocycles. The van der Waals surface area contributed by atoms with Crippen LogP contribution >= 0.6 is 0 Å². The van der Waals surface area contributed by atoms with Gasteiger partial charge in [-0.1, -0.05) is 42.5 Å². The molecule has 43 heavy (non-hydrogen) atoms. The molecule has 3 aromatic rings. The third-order valence-electron chi connectivity index (χ3n) is 7.93. The molecule has 0 saturated carbocycles. The lowest BCUT2D eigenvalue weighted by Gasteiger charge is -2.41. The Morgan fingerprint density at radius 1 is 1.00 bits per heavy atom. The summed E-state index contributed by atoms with van der Waals surface area (Å²) in [5.41, 5.74) is 1.82. The molecule has 232 valence electrons. The number of pyridine rings is 1. The quantitative estimate of drug-likeness (QED) is 0.218. The van der Waals surface area contributed by atoms with E-state index in [1.165, 1.54) is 12.1 Å². The van der Waals surface area contributed by atoms with Gasteiger partial charge in [0.05, 0.1) is 13.0 Å². The summed E-state index contributed by atoms with van der Waals surface area (Å²) in [5.74, 6) is -0.241. The lowest BCUT2D eigenvalue weighted by atomic mass is 9.92. The lowest BCUT2D eigenvalue weighted by molar-refractivity contribution is -0.258. The second kappa shape index (κ2) is 14.4. The lowest BCUT2D eigenvalue weighted by Crippen LogP contribution is -2.53. The van der Waals surface area contributed by atoms with Crippen LogP contribution in [0.1, 0.15) is 42.5 Å². The molecule has 4 rings (SSSR count). The zero-order valence-electron chi connectivity index (χ0n) is 24.9. The SMILES string of the molecule is CCOCCOC(=O)C[C@@H]1CN(Cc2ccc(-c3ccc(C(C)(O)C(F)(F)F)cc3)c(C)c2)CCN1Cc1ccncc1. The van der Waals surface area contributed by atoms with Gasteiger partial charge in [0.25, 0.3) is 0 Å². The van der Waals surface area contributed by atoms with E-state index in [4.69, 9.17) is 9.47 Å². The van der Waals surface area contributed by atoms with Gasteiger partial charge in [0, 0.05) is 57.8 Å². The smallest absolute Gasteiger partial charge is 0.421 e. The first-order valence-corrected chi connectivity index (χ1v) is 14.6. The number of hydrogen-bond donors (Lipinski definition) is 1. The molecule has 2 aromatic carbocycles. The third kappa shape index (κ3) is 8.63. The van der Waals surface area contributed by atoms with E-state index in [1.54, 1.807) is 24.5 Å². The van der Waals surface area contributed by atoms with Gasteiger partial charge in [-0.25, -0.2) is 0 Å². The predicted molar refractivity (Wildman–Crippen MR) is 158 cm³/mol. The minimum atomic E-state index is -4.76. The Morgan fingerprint density at radius 2 is 1.72 bits per heavy atom. The second-order valence-electron chi connectivity index (χ2n) is 11.1. The van der Waals surface area contributed by atoms with Gasteiger partial charge in [-0.3, -0.25) is 19.6 Å². The number of alkyl halides is 3. The molecule has 7 nitrogen and oxygen atoms in total. The van der Waals surface area contributed by atoms with E-state index < -0.39 is 11.8 Å². The van der Waals surface area contributed by atoms with Gasteiger partial charge in [-0.15, -0.1) is 0 Å². The van der Waals surface area contributed by atoms with Crippen LogP contribution in [0.4, 0.5) is 13.2 Å². The number of carbonyl (C=O) groups is 1. The molecule has 0 aliphatic carbocycles. The molecule has 0 spiro atoms. The van der Waals surface area contributed by atoms with Crippen LogP contribution in [-0.4, -0.2) is 77.5 Å². The molecule has 0 bridgehead atoms. The highest BCUT2D eigenvalue weighted by molar-refractivity contribution is 5.70. The van der Waals surface area contributed by atoms with Gasteiger partial charge in [0.1, 0.15) is 6.61 Å². The minimum absolute atomic E-state index is 0.0192. The van der Waals surface area contributed by atoms with Crippen LogP contribution in [0.2, 0.25) is 0 Å². The van der Waals surface area contributed by atoms with E-state index in [0.29, 0.717) is 26.3 Å². The Balaban J connectivity index is 1.42. The van der Waals surface area contributed by atoms with Crippen molar-refractivity contribution in [3.63, 3.8) is 0 Å². The fourth-order valence-electron chi connectivity index (χ4n) is 5.38. The van der Waals surface area contributed by atoms with Crippen molar-refractivity contribution in [2.45, 2.75) is 58.1 Å². The van der Waals surface area contributed by atoms with Crippen molar-refractivity contribution in [1.29, 1.82) is 0 Å². The van der Waals surface area contributed by atoms with Gasteiger partial charge in [0.15, 0.2) is 5.60 Å². The van der Waals surface area contributed by atoms with Crippen LogP contribution in [0.3, 0.4) is 0 Å². The van der Waals surface area contributed by atoms with Crippen LogP contribution in [0, 0.1) is 6.92 Å². The van der Waals surface area contributed by atoms with Crippen molar-refractivity contribution >= 4 is 5.97 Å².